The average Bonchev–Trinajstić information content (AvgIpc) is 3.01. The molecule has 1 fully saturated rings. The Bertz CT molecular complexity index is 338. The van der Waals surface area contributed by atoms with Gasteiger partial charge in [-0.05, 0) is 24.5 Å². The molecule has 1 atom stereocenters. The fraction of sp³-hybridized carbons (Fsp3) is 0.500. The minimum atomic E-state index is -0.730. The van der Waals surface area contributed by atoms with Crippen molar-refractivity contribution in [2.24, 2.45) is 5.92 Å². The van der Waals surface area contributed by atoms with Crippen LogP contribution in [0.15, 0.2) is 24.4 Å². The monoisotopic (exact) mass is 239 g/mol. The molecule has 1 aliphatic rings. The number of hydrogen-bond acceptors (Lipinski definition) is 2. The van der Waals surface area contributed by atoms with Crippen LogP contribution in [0.25, 0.3) is 0 Å². The molecule has 2 rings (SSSR count). The lowest BCUT2D eigenvalue weighted by Gasteiger charge is -2.13. The van der Waals surface area contributed by atoms with Crippen LogP contribution in [-0.2, 0) is 4.79 Å². The van der Waals surface area contributed by atoms with Gasteiger partial charge in [-0.2, -0.15) is 13.5 Å². The van der Waals surface area contributed by atoms with Crippen LogP contribution in [0.3, 0.4) is 0 Å². The Morgan fingerprint density at radius 1 is 1.50 bits per heavy atom. The number of nitrogens with zero attached hydrogens (tertiary/aromatic N) is 1. The molecule has 1 aromatic heterocycles. The van der Waals surface area contributed by atoms with Crippen molar-refractivity contribution in [2.75, 3.05) is 0 Å². The molecule has 0 bridgehead atoms. The number of carboxylic acids is 1. The van der Waals surface area contributed by atoms with Gasteiger partial charge >= 0.3 is 5.97 Å². The summed E-state index contributed by atoms with van der Waals surface area (Å²) in [6.07, 6.45) is 5.42. The third-order valence-corrected chi connectivity index (χ3v) is 2.84. The molecule has 1 aromatic rings. The summed E-state index contributed by atoms with van der Waals surface area (Å²) in [6.45, 7) is 0. The average molecular weight is 239 g/mol. The standard InChI is InChI=1S/C12H15NO2.H2S/c14-12(15)8-10(7-9-4-5-9)11-3-1-2-6-13-11;/h1-3,6,9-10H,4-5,7-8H2,(H,14,15);1H2/t10-;/m0./s1. The van der Waals surface area contributed by atoms with Gasteiger partial charge in [0.1, 0.15) is 0 Å². The number of carboxylic acid groups (broad SMARTS) is 1. The highest BCUT2D eigenvalue weighted by atomic mass is 32.1. The van der Waals surface area contributed by atoms with Crippen LogP contribution in [0.2, 0.25) is 0 Å². The molecule has 88 valence electrons. The first-order chi connectivity index (χ1) is 7.25. The second kappa shape index (κ2) is 5.89. The fourth-order valence-electron chi connectivity index (χ4n) is 1.89. The molecule has 16 heavy (non-hydrogen) atoms. The van der Waals surface area contributed by atoms with E-state index in [0.717, 1.165) is 18.0 Å². The van der Waals surface area contributed by atoms with Crippen molar-refractivity contribution in [3.05, 3.63) is 30.1 Å². The maximum Gasteiger partial charge on any atom is 0.304 e. The van der Waals surface area contributed by atoms with Gasteiger partial charge in [0, 0.05) is 17.8 Å². The van der Waals surface area contributed by atoms with Crippen LogP contribution >= 0.6 is 13.5 Å². The fourth-order valence-corrected chi connectivity index (χ4v) is 1.89. The van der Waals surface area contributed by atoms with Gasteiger partial charge < -0.3 is 5.11 Å². The molecule has 0 amide bonds. The van der Waals surface area contributed by atoms with Crippen molar-refractivity contribution in [3.63, 3.8) is 0 Å². The zero-order chi connectivity index (χ0) is 10.7. The molecule has 3 nitrogen and oxygen atoms in total. The molecule has 1 aliphatic carbocycles. The summed E-state index contributed by atoms with van der Waals surface area (Å²) in [6, 6.07) is 5.71. The quantitative estimate of drug-likeness (QED) is 0.859. The van der Waals surface area contributed by atoms with Crippen molar-refractivity contribution in [3.8, 4) is 0 Å². The van der Waals surface area contributed by atoms with E-state index in [2.05, 4.69) is 4.98 Å². The van der Waals surface area contributed by atoms with Gasteiger partial charge in [0.05, 0.1) is 6.42 Å². The van der Waals surface area contributed by atoms with Gasteiger partial charge in [-0.25, -0.2) is 0 Å². The van der Waals surface area contributed by atoms with Gasteiger partial charge in [-0.3, -0.25) is 9.78 Å². The highest BCUT2D eigenvalue weighted by molar-refractivity contribution is 7.59. The SMILES string of the molecule is O=C(O)C[C@H](CC1CC1)c1ccccn1.S. The number of aromatic nitrogens is 1. The first-order valence-electron chi connectivity index (χ1n) is 5.38. The molecular weight excluding hydrogens is 222 g/mol. The third kappa shape index (κ3) is 3.85. The van der Waals surface area contributed by atoms with E-state index >= 15 is 0 Å². The maximum atomic E-state index is 10.8. The first-order valence-corrected chi connectivity index (χ1v) is 5.38. The van der Waals surface area contributed by atoms with Crippen LogP contribution in [0.4, 0.5) is 0 Å². The molecule has 0 unspecified atom stereocenters. The highest BCUT2D eigenvalue weighted by Crippen LogP contribution is 2.39. The van der Waals surface area contributed by atoms with E-state index in [1.54, 1.807) is 6.20 Å². The number of pyridine rings is 1. The Hall–Kier alpha value is -1.03. The maximum absolute atomic E-state index is 10.8. The van der Waals surface area contributed by atoms with E-state index in [-0.39, 0.29) is 25.8 Å². The predicted molar refractivity (Wildman–Crippen MR) is 67.0 cm³/mol. The summed E-state index contributed by atoms with van der Waals surface area (Å²) in [7, 11) is 0. The number of aliphatic carboxylic acids is 1. The summed E-state index contributed by atoms with van der Waals surface area (Å²) in [5, 5.41) is 8.85. The molecule has 0 aromatic carbocycles. The zero-order valence-electron chi connectivity index (χ0n) is 9.10. The first kappa shape index (κ1) is 13.0. The van der Waals surface area contributed by atoms with Crippen LogP contribution in [0, 0.1) is 5.92 Å². The van der Waals surface area contributed by atoms with E-state index < -0.39 is 5.97 Å². The van der Waals surface area contributed by atoms with Crippen LogP contribution < -0.4 is 0 Å². The smallest absolute Gasteiger partial charge is 0.304 e. The van der Waals surface area contributed by atoms with Gasteiger partial charge in [0.25, 0.3) is 0 Å². The highest BCUT2D eigenvalue weighted by Gasteiger charge is 2.28. The van der Waals surface area contributed by atoms with E-state index in [1.807, 2.05) is 18.2 Å². The van der Waals surface area contributed by atoms with Gasteiger partial charge in [-0.15, -0.1) is 0 Å². The van der Waals surface area contributed by atoms with Gasteiger partial charge in [-0.1, -0.05) is 18.9 Å². The number of carbonyl (C=O) groups is 1. The molecule has 1 N–H and O–H groups in total. The van der Waals surface area contributed by atoms with E-state index in [9.17, 15) is 4.79 Å². The largest absolute Gasteiger partial charge is 0.481 e. The van der Waals surface area contributed by atoms with Gasteiger partial charge in [0.15, 0.2) is 0 Å². The minimum absolute atomic E-state index is 0. The predicted octanol–water partition coefficient (Wildman–Crippen LogP) is 2.55. The Morgan fingerprint density at radius 3 is 2.75 bits per heavy atom. The van der Waals surface area contributed by atoms with Crippen LogP contribution in [0.5, 0.6) is 0 Å². The Morgan fingerprint density at radius 2 is 2.25 bits per heavy atom. The second-order valence-electron chi connectivity index (χ2n) is 4.23. The van der Waals surface area contributed by atoms with Crippen molar-refractivity contribution >= 4 is 19.5 Å². The summed E-state index contributed by atoms with van der Waals surface area (Å²) in [5.41, 5.74) is 0.923. The second-order valence-corrected chi connectivity index (χ2v) is 4.23. The normalized spacial score (nSPS) is 16.2. The third-order valence-electron chi connectivity index (χ3n) is 2.84. The Balaban J connectivity index is 0.00000128. The molecule has 0 spiro atoms. The van der Waals surface area contributed by atoms with E-state index in [4.69, 9.17) is 5.11 Å². The van der Waals surface area contributed by atoms with Crippen molar-refractivity contribution in [1.82, 2.24) is 4.98 Å². The summed E-state index contributed by atoms with van der Waals surface area (Å²) in [5.74, 6) is 0.0962. The molecular formula is C12H17NO2S. The summed E-state index contributed by atoms with van der Waals surface area (Å²) in [4.78, 5) is 15.0. The topological polar surface area (TPSA) is 50.2 Å². The Kier molecular flexibility index (Phi) is 4.80. The number of hydrogen-bond donors (Lipinski definition) is 1. The van der Waals surface area contributed by atoms with Crippen molar-refractivity contribution in [2.45, 2.75) is 31.6 Å². The van der Waals surface area contributed by atoms with Crippen molar-refractivity contribution < 1.29 is 9.90 Å². The molecule has 0 aliphatic heterocycles. The lowest BCUT2D eigenvalue weighted by molar-refractivity contribution is -0.137. The molecule has 4 heteroatoms. The molecule has 1 saturated carbocycles. The summed E-state index contributed by atoms with van der Waals surface area (Å²) >= 11 is 0. The molecule has 1 heterocycles. The molecule has 0 saturated heterocycles. The molecule has 0 radical (unpaired) electrons. The number of rotatable bonds is 5. The minimum Gasteiger partial charge on any atom is -0.481 e. The zero-order valence-corrected chi connectivity index (χ0v) is 10.1. The van der Waals surface area contributed by atoms with Crippen LogP contribution in [0.1, 0.15) is 37.3 Å². The summed E-state index contributed by atoms with van der Waals surface area (Å²) < 4.78 is 0. The van der Waals surface area contributed by atoms with E-state index in [0.29, 0.717) is 0 Å². The van der Waals surface area contributed by atoms with Gasteiger partial charge in [0.2, 0.25) is 0 Å². The Labute approximate surface area is 102 Å². The van der Waals surface area contributed by atoms with E-state index in [1.165, 1.54) is 12.8 Å². The lowest BCUT2D eigenvalue weighted by atomic mass is 9.94. The lowest BCUT2D eigenvalue weighted by Crippen LogP contribution is -2.08. The van der Waals surface area contributed by atoms with Crippen molar-refractivity contribution in [1.29, 1.82) is 0 Å². The van der Waals surface area contributed by atoms with Crippen LogP contribution in [-0.4, -0.2) is 16.1 Å².